The average molecular weight is 424 g/mol. The zero-order chi connectivity index (χ0) is 15.0. The van der Waals surface area contributed by atoms with Crippen LogP contribution in [0.4, 0.5) is 0 Å². The van der Waals surface area contributed by atoms with Crippen molar-refractivity contribution in [3.8, 4) is 5.75 Å². The van der Waals surface area contributed by atoms with E-state index in [-0.39, 0.29) is 0 Å². The third kappa shape index (κ3) is 6.33. The Morgan fingerprint density at radius 2 is 2.05 bits per heavy atom. The molecule has 0 bridgehead atoms. The quantitative estimate of drug-likeness (QED) is 0.480. The number of thioether (sulfide) groups is 1. The molecule has 0 heterocycles. The summed E-state index contributed by atoms with van der Waals surface area (Å²) in [4.78, 5) is 10.5. The van der Waals surface area contributed by atoms with Crippen LogP contribution in [-0.2, 0) is 4.79 Å². The van der Waals surface area contributed by atoms with Crippen LogP contribution in [0.3, 0.4) is 0 Å². The standard InChI is InChI=1S/C14H16Br2O3S/c1-2-20-7-3-6-19-14-11(15)8-10(9-12(14)16)4-5-13(17)18/h4-5,8-9H,2-3,6-7H2,1H3,(H,17,18)/b5-4+. The lowest BCUT2D eigenvalue weighted by molar-refractivity contribution is -0.131. The molecule has 0 saturated heterocycles. The van der Waals surface area contributed by atoms with Crippen LogP contribution in [0.1, 0.15) is 18.9 Å². The van der Waals surface area contributed by atoms with E-state index in [0.29, 0.717) is 6.61 Å². The second-order valence-corrected chi connectivity index (χ2v) is 6.99. The first-order valence-electron chi connectivity index (χ1n) is 6.15. The number of carbonyl (C=O) groups is 1. The molecule has 0 aromatic heterocycles. The largest absolute Gasteiger partial charge is 0.491 e. The fourth-order valence-corrected chi connectivity index (χ4v) is 3.52. The number of rotatable bonds is 8. The first-order chi connectivity index (χ1) is 9.54. The van der Waals surface area contributed by atoms with Gasteiger partial charge in [0.25, 0.3) is 0 Å². The van der Waals surface area contributed by atoms with Crippen LogP contribution in [0.15, 0.2) is 27.2 Å². The summed E-state index contributed by atoms with van der Waals surface area (Å²) in [6.45, 7) is 2.80. The molecule has 1 N–H and O–H groups in total. The Kier molecular flexibility index (Phi) is 8.33. The molecule has 0 aliphatic rings. The number of halogens is 2. The molecule has 0 aliphatic heterocycles. The van der Waals surface area contributed by atoms with Gasteiger partial charge in [0.05, 0.1) is 15.6 Å². The van der Waals surface area contributed by atoms with E-state index in [1.54, 1.807) is 6.08 Å². The van der Waals surface area contributed by atoms with E-state index in [9.17, 15) is 4.79 Å². The van der Waals surface area contributed by atoms with E-state index in [1.807, 2.05) is 23.9 Å². The summed E-state index contributed by atoms with van der Waals surface area (Å²) < 4.78 is 7.36. The van der Waals surface area contributed by atoms with Crippen molar-refractivity contribution in [1.82, 2.24) is 0 Å². The van der Waals surface area contributed by atoms with Crippen LogP contribution in [0, 0.1) is 0 Å². The number of carboxylic acid groups (broad SMARTS) is 1. The predicted octanol–water partition coefficient (Wildman–Crippen LogP) is 4.83. The lowest BCUT2D eigenvalue weighted by Gasteiger charge is -2.11. The lowest BCUT2D eigenvalue weighted by Crippen LogP contribution is -2.00. The van der Waals surface area contributed by atoms with Gasteiger partial charge in [0.2, 0.25) is 0 Å². The molecule has 0 atom stereocenters. The number of aliphatic carboxylic acids is 1. The molecule has 1 aromatic rings. The predicted molar refractivity (Wildman–Crippen MR) is 91.6 cm³/mol. The van der Waals surface area contributed by atoms with E-state index >= 15 is 0 Å². The van der Waals surface area contributed by atoms with Crippen molar-refractivity contribution >= 4 is 55.7 Å². The van der Waals surface area contributed by atoms with Crippen LogP contribution < -0.4 is 4.74 Å². The van der Waals surface area contributed by atoms with Gasteiger partial charge in [0.1, 0.15) is 5.75 Å². The minimum atomic E-state index is -0.967. The lowest BCUT2D eigenvalue weighted by atomic mass is 10.2. The van der Waals surface area contributed by atoms with Crippen LogP contribution in [0.5, 0.6) is 5.75 Å². The molecule has 0 fully saturated rings. The Balaban J connectivity index is 2.66. The Bertz CT molecular complexity index is 466. The van der Waals surface area contributed by atoms with Crippen molar-refractivity contribution in [1.29, 1.82) is 0 Å². The second-order valence-electron chi connectivity index (χ2n) is 3.88. The van der Waals surface area contributed by atoms with Crippen molar-refractivity contribution in [3.05, 3.63) is 32.7 Å². The summed E-state index contributed by atoms with van der Waals surface area (Å²) in [5.74, 6) is 1.99. The van der Waals surface area contributed by atoms with Crippen molar-refractivity contribution in [3.63, 3.8) is 0 Å². The highest BCUT2D eigenvalue weighted by atomic mass is 79.9. The van der Waals surface area contributed by atoms with E-state index in [2.05, 4.69) is 38.8 Å². The molecule has 1 aromatic carbocycles. The fourth-order valence-electron chi connectivity index (χ4n) is 1.46. The van der Waals surface area contributed by atoms with Gasteiger partial charge in [-0.2, -0.15) is 11.8 Å². The van der Waals surface area contributed by atoms with Crippen LogP contribution in [0.25, 0.3) is 6.08 Å². The molecule has 1 rings (SSSR count). The summed E-state index contributed by atoms with van der Waals surface area (Å²) >= 11 is 8.79. The highest BCUT2D eigenvalue weighted by Crippen LogP contribution is 2.35. The number of hydrogen-bond acceptors (Lipinski definition) is 3. The molecule has 110 valence electrons. The normalized spacial score (nSPS) is 10.9. The third-order valence-corrected chi connectivity index (χ3v) is 4.49. The summed E-state index contributed by atoms with van der Waals surface area (Å²) in [7, 11) is 0. The van der Waals surface area contributed by atoms with Gasteiger partial charge in [0.15, 0.2) is 0 Å². The molecule has 0 unspecified atom stereocenters. The van der Waals surface area contributed by atoms with E-state index in [1.165, 1.54) is 0 Å². The van der Waals surface area contributed by atoms with Gasteiger partial charge in [-0.1, -0.05) is 6.92 Å². The third-order valence-electron chi connectivity index (χ3n) is 2.32. The van der Waals surface area contributed by atoms with Gasteiger partial charge < -0.3 is 9.84 Å². The number of hydrogen-bond donors (Lipinski definition) is 1. The second kappa shape index (κ2) is 9.47. The molecule has 3 nitrogen and oxygen atoms in total. The smallest absolute Gasteiger partial charge is 0.328 e. The molecule has 0 spiro atoms. The number of ether oxygens (including phenoxy) is 1. The Morgan fingerprint density at radius 3 is 2.60 bits per heavy atom. The summed E-state index contributed by atoms with van der Waals surface area (Å²) in [6, 6.07) is 3.67. The van der Waals surface area contributed by atoms with Gasteiger partial charge >= 0.3 is 5.97 Å². The van der Waals surface area contributed by atoms with Crippen molar-refractivity contribution in [2.24, 2.45) is 0 Å². The van der Waals surface area contributed by atoms with E-state index in [0.717, 1.165) is 44.3 Å². The van der Waals surface area contributed by atoms with Gasteiger partial charge in [-0.05, 0) is 73.6 Å². The molecule has 6 heteroatoms. The molecule has 0 amide bonds. The fraction of sp³-hybridized carbons (Fsp3) is 0.357. The maximum Gasteiger partial charge on any atom is 0.328 e. The monoisotopic (exact) mass is 422 g/mol. The number of carboxylic acids is 1. The molecule has 0 saturated carbocycles. The topological polar surface area (TPSA) is 46.5 Å². The van der Waals surface area contributed by atoms with Gasteiger partial charge in [-0.15, -0.1) is 0 Å². The van der Waals surface area contributed by atoms with Crippen LogP contribution in [-0.4, -0.2) is 29.2 Å². The van der Waals surface area contributed by atoms with Crippen LogP contribution in [0.2, 0.25) is 0 Å². The Hall–Kier alpha value is -0.460. The zero-order valence-electron chi connectivity index (χ0n) is 11.1. The first kappa shape index (κ1) is 17.6. The molecular weight excluding hydrogens is 408 g/mol. The summed E-state index contributed by atoms with van der Waals surface area (Å²) in [5, 5.41) is 8.62. The minimum absolute atomic E-state index is 0.661. The maximum absolute atomic E-state index is 10.5. The van der Waals surface area contributed by atoms with Crippen molar-refractivity contribution in [2.75, 3.05) is 18.1 Å². The summed E-state index contributed by atoms with van der Waals surface area (Å²) in [5.41, 5.74) is 0.792. The van der Waals surface area contributed by atoms with Gasteiger partial charge in [-0.25, -0.2) is 4.79 Å². The maximum atomic E-state index is 10.5. The average Bonchev–Trinajstić information content (AvgIpc) is 2.38. The summed E-state index contributed by atoms with van der Waals surface area (Å²) in [6.07, 6.45) is 3.65. The molecular formula is C14H16Br2O3S. The minimum Gasteiger partial charge on any atom is -0.491 e. The molecule has 0 radical (unpaired) electrons. The van der Waals surface area contributed by atoms with Crippen LogP contribution >= 0.6 is 43.6 Å². The van der Waals surface area contributed by atoms with Gasteiger partial charge in [-0.3, -0.25) is 0 Å². The highest BCUT2D eigenvalue weighted by molar-refractivity contribution is 9.11. The molecule has 20 heavy (non-hydrogen) atoms. The number of benzene rings is 1. The first-order valence-corrected chi connectivity index (χ1v) is 8.89. The Morgan fingerprint density at radius 1 is 1.40 bits per heavy atom. The zero-order valence-corrected chi connectivity index (χ0v) is 15.1. The van der Waals surface area contributed by atoms with Gasteiger partial charge in [0, 0.05) is 6.08 Å². The molecule has 0 aliphatic carbocycles. The van der Waals surface area contributed by atoms with Crippen molar-refractivity contribution < 1.29 is 14.6 Å². The van der Waals surface area contributed by atoms with E-state index < -0.39 is 5.97 Å². The highest BCUT2D eigenvalue weighted by Gasteiger charge is 2.08. The van der Waals surface area contributed by atoms with Crippen molar-refractivity contribution in [2.45, 2.75) is 13.3 Å². The Labute approximate surface area is 140 Å². The van der Waals surface area contributed by atoms with E-state index in [4.69, 9.17) is 9.84 Å². The SMILES string of the molecule is CCSCCCOc1c(Br)cc(/C=C/C(=O)O)cc1Br.